The van der Waals surface area contributed by atoms with Crippen molar-refractivity contribution < 1.29 is 14.2 Å². The van der Waals surface area contributed by atoms with Crippen LogP contribution in [0.5, 0.6) is 11.5 Å². The SMILES string of the molecule is COc1c(C2(CCCOCCCC3(c4cccc([Si](C)(C)C)c4OC)C=CC=CC3)C=CC=CC2)cccc1[Si](C)(C)C. The summed E-state index contributed by atoms with van der Waals surface area (Å²) in [7, 11) is 0.570. The summed E-state index contributed by atoms with van der Waals surface area (Å²) >= 11 is 0. The summed E-state index contributed by atoms with van der Waals surface area (Å²) in [6.07, 6.45) is 24.3. The Morgan fingerprint density at radius 2 is 1.02 bits per heavy atom. The zero-order valence-electron chi connectivity index (χ0n) is 28.0. The Hall–Kier alpha value is -2.61. The van der Waals surface area contributed by atoms with Gasteiger partial charge in [-0.25, -0.2) is 0 Å². The monoisotopic (exact) mass is 614 g/mol. The van der Waals surface area contributed by atoms with Crippen LogP contribution in [0.2, 0.25) is 39.3 Å². The van der Waals surface area contributed by atoms with Gasteiger partial charge in [0.05, 0.1) is 30.4 Å². The molecule has 0 saturated heterocycles. The van der Waals surface area contributed by atoms with E-state index in [-0.39, 0.29) is 10.8 Å². The predicted molar refractivity (Wildman–Crippen MR) is 190 cm³/mol. The van der Waals surface area contributed by atoms with Crippen LogP contribution in [-0.2, 0) is 15.6 Å². The third-order valence-corrected chi connectivity index (χ3v) is 13.3. The van der Waals surface area contributed by atoms with Crippen molar-refractivity contribution in [3.8, 4) is 11.5 Å². The molecule has 0 aliphatic heterocycles. The second kappa shape index (κ2) is 14.0. The van der Waals surface area contributed by atoms with Crippen LogP contribution in [0, 0.1) is 0 Å². The van der Waals surface area contributed by atoms with E-state index in [4.69, 9.17) is 14.2 Å². The van der Waals surface area contributed by atoms with E-state index in [2.05, 4.69) is 124 Å². The summed E-state index contributed by atoms with van der Waals surface area (Å²) in [5.41, 5.74) is 2.54. The third kappa shape index (κ3) is 7.55. The van der Waals surface area contributed by atoms with Crippen molar-refractivity contribution in [2.24, 2.45) is 0 Å². The number of hydrogen-bond acceptors (Lipinski definition) is 3. The first-order valence-electron chi connectivity index (χ1n) is 16.1. The summed E-state index contributed by atoms with van der Waals surface area (Å²) < 4.78 is 18.5. The first-order valence-corrected chi connectivity index (χ1v) is 23.1. The summed E-state index contributed by atoms with van der Waals surface area (Å²) in [5, 5.41) is 2.80. The second-order valence-electron chi connectivity index (χ2n) is 14.4. The summed E-state index contributed by atoms with van der Waals surface area (Å²) in [5.74, 6) is 2.19. The molecule has 0 fully saturated rings. The Labute approximate surface area is 263 Å². The Morgan fingerprint density at radius 3 is 1.35 bits per heavy atom. The zero-order chi connectivity index (χ0) is 31.1. The minimum absolute atomic E-state index is 0.0552. The van der Waals surface area contributed by atoms with Gasteiger partial charge in [0.25, 0.3) is 0 Å². The lowest BCUT2D eigenvalue weighted by molar-refractivity contribution is 0.119. The lowest BCUT2D eigenvalue weighted by atomic mass is 9.72. The van der Waals surface area contributed by atoms with Gasteiger partial charge in [-0.15, -0.1) is 0 Å². The minimum Gasteiger partial charge on any atom is -0.497 e. The standard InChI is InChI=1S/C38H54O3Si2/c1-39-35-31(19-15-21-33(35)42(3,4)5)37(23-11-9-12-24-37)27-17-29-41-30-18-28-38(25-13-10-14-26-38)32-20-16-22-34(36(32)40-2)43(6,7)8/h9-16,19-23,25H,17-18,24,26-30H2,1-8H3. The summed E-state index contributed by atoms with van der Waals surface area (Å²) in [6, 6.07) is 13.6. The summed E-state index contributed by atoms with van der Waals surface area (Å²) in [6.45, 7) is 15.9. The van der Waals surface area contributed by atoms with Gasteiger partial charge in [-0.1, -0.05) is 124 Å². The molecule has 3 nitrogen and oxygen atoms in total. The maximum absolute atomic E-state index is 6.31. The number of methoxy groups -OCH3 is 2. The second-order valence-corrected chi connectivity index (χ2v) is 24.5. The topological polar surface area (TPSA) is 27.7 Å². The van der Waals surface area contributed by atoms with Crippen molar-refractivity contribution in [3.05, 3.63) is 96.1 Å². The van der Waals surface area contributed by atoms with Crippen molar-refractivity contribution in [3.63, 3.8) is 0 Å². The van der Waals surface area contributed by atoms with Crippen molar-refractivity contribution in [2.45, 2.75) is 88.6 Å². The molecule has 5 heteroatoms. The molecule has 0 bridgehead atoms. The molecule has 2 atom stereocenters. The molecule has 43 heavy (non-hydrogen) atoms. The van der Waals surface area contributed by atoms with Crippen molar-refractivity contribution >= 4 is 26.5 Å². The highest BCUT2D eigenvalue weighted by Gasteiger charge is 2.36. The largest absolute Gasteiger partial charge is 0.497 e. The van der Waals surface area contributed by atoms with Gasteiger partial charge >= 0.3 is 0 Å². The van der Waals surface area contributed by atoms with Crippen molar-refractivity contribution in [2.75, 3.05) is 27.4 Å². The van der Waals surface area contributed by atoms with E-state index < -0.39 is 16.1 Å². The highest BCUT2D eigenvalue weighted by molar-refractivity contribution is 6.89. The van der Waals surface area contributed by atoms with Gasteiger partial charge in [0.2, 0.25) is 0 Å². The van der Waals surface area contributed by atoms with Gasteiger partial charge < -0.3 is 14.2 Å². The van der Waals surface area contributed by atoms with Gasteiger partial charge in [-0.2, -0.15) is 0 Å². The molecule has 0 aromatic heterocycles. The number of ether oxygens (including phenoxy) is 3. The van der Waals surface area contributed by atoms with Crippen LogP contribution in [-0.4, -0.2) is 43.6 Å². The molecule has 0 amide bonds. The molecule has 0 heterocycles. The maximum Gasteiger partial charge on any atom is 0.122 e. The fraction of sp³-hybridized carbons (Fsp3) is 0.474. The molecule has 2 unspecified atom stereocenters. The molecule has 2 aromatic rings. The first-order chi connectivity index (χ1) is 20.5. The fourth-order valence-electron chi connectivity index (χ4n) is 6.93. The first kappa shape index (κ1) is 33.3. The molecule has 2 aromatic carbocycles. The maximum atomic E-state index is 6.31. The highest BCUT2D eigenvalue weighted by atomic mass is 28.3. The van der Waals surface area contributed by atoms with Gasteiger partial charge in [0, 0.05) is 35.2 Å². The van der Waals surface area contributed by atoms with Crippen LogP contribution in [0.15, 0.2) is 85.0 Å². The molecule has 232 valence electrons. The Bertz CT molecular complexity index is 1250. The van der Waals surface area contributed by atoms with E-state index in [9.17, 15) is 0 Å². The highest BCUT2D eigenvalue weighted by Crippen LogP contribution is 2.43. The van der Waals surface area contributed by atoms with E-state index in [1.165, 1.54) is 21.5 Å². The van der Waals surface area contributed by atoms with Crippen LogP contribution in [0.1, 0.15) is 49.7 Å². The number of allylic oxidation sites excluding steroid dienone is 8. The van der Waals surface area contributed by atoms with E-state index in [1.807, 2.05) is 14.2 Å². The fourth-order valence-corrected chi connectivity index (χ4v) is 9.96. The minimum atomic E-state index is -1.55. The van der Waals surface area contributed by atoms with Gasteiger partial charge in [0.15, 0.2) is 0 Å². The molecule has 0 radical (unpaired) electrons. The predicted octanol–water partition coefficient (Wildman–Crippen LogP) is 8.58. The Balaban J connectivity index is 1.41. The Kier molecular flexibility index (Phi) is 10.8. The van der Waals surface area contributed by atoms with E-state index >= 15 is 0 Å². The number of rotatable bonds is 14. The van der Waals surface area contributed by atoms with E-state index in [0.29, 0.717) is 0 Å². The lowest BCUT2D eigenvalue weighted by Crippen LogP contribution is -2.40. The molecule has 2 aliphatic carbocycles. The molecular weight excluding hydrogens is 561 g/mol. The smallest absolute Gasteiger partial charge is 0.122 e. The Morgan fingerprint density at radius 1 is 0.605 bits per heavy atom. The molecule has 2 aliphatic rings. The van der Waals surface area contributed by atoms with Gasteiger partial charge in [-0.05, 0) is 48.9 Å². The molecule has 0 N–H and O–H groups in total. The molecule has 0 saturated carbocycles. The zero-order valence-corrected chi connectivity index (χ0v) is 30.0. The van der Waals surface area contributed by atoms with Gasteiger partial charge in [0.1, 0.15) is 11.5 Å². The normalized spacial score (nSPS) is 21.8. The van der Waals surface area contributed by atoms with Crippen molar-refractivity contribution in [1.29, 1.82) is 0 Å². The lowest BCUT2D eigenvalue weighted by Gasteiger charge is -2.35. The van der Waals surface area contributed by atoms with E-state index in [1.54, 1.807) is 0 Å². The average molecular weight is 615 g/mol. The number of hydrogen-bond donors (Lipinski definition) is 0. The molecular formula is C38H54O3Si2. The van der Waals surface area contributed by atoms with E-state index in [0.717, 1.165) is 63.2 Å². The molecule has 4 rings (SSSR count). The van der Waals surface area contributed by atoms with Crippen molar-refractivity contribution in [1.82, 2.24) is 0 Å². The number of para-hydroxylation sites is 2. The van der Waals surface area contributed by atoms with Crippen LogP contribution in [0.25, 0.3) is 0 Å². The number of benzene rings is 2. The quantitative estimate of drug-likeness (QED) is 0.158. The third-order valence-electron chi connectivity index (χ3n) is 9.24. The van der Waals surface area contributed by atoms with Gasteiger partial charge in [-0.3, -0.25) is 0 Å². The average Bonchev–Trinajstić information content (AvgIpc) is 2.99. The van der Waals surface area contributed by atoms with Crippen LogP contribution >= 0.6 is 0 Å². The summed E-state index contributed by atoms with van der Waals surface area (Å²) in [4.78, 5) is 0. The van der Waals surface area contributed by atoms with Crippen LogP contribution in [0.4, 0.5) is 0 Å². The molecule has 0 spiro atoms. The van der Waals surface area contributed by atoms with Crippen LogP contribution < -0.4 is 19.8 Å². The van der Waals surface area contributed by atoms with Crippen LogP contribution in [0.3, 0.4) is 0 Å².